The third-order valence-corrected chi connectivity index (χ3v) is 3.67. The Kier molecular flexibility index (Phi) is 7.46. The van der Waals surface area contributed by atoms with Crippen molar-refractivity contribution in [1.82, 2.24) is 10.3 Å². The molecule has 2 rings (SSSR count). The van der Waals surface area contributed by atoms with Crippen molar-refractivity contribution in [3.63, 3.8) is 0 Å². The summed E-state index contributed by atoms with van der Waals surface area (Å²) < 4.78 is 43.4. The molecule has 3 N–H and O–H groups in total. The molecule has 2 aromatic rings. The smallest absolute Gasteiger partial charge is 0.419 e. The molecule has 1 heterocycles. The van der Waals surface area contributed by atoms with Gasteiger partial charge in [-0.05, 0) is 12.1 Å². The molecule has 0 saturated heterocycles. The number of nitrogens with two attached hydrogens (primary N) is 1. The lowest BCUT2D eigenvalue weighted by Gasteiger charge is -2.13. The van der Waals surface area contributed by atoms with Crippen LogP contribution in [-0.4, -0.2) is 24.0 Å². The van der Waals surface area contributed by atoms with E-state index in [0.717, 1.165) is 6.07 Å². The van der Waals surface area contributed by atoms with Gasteiger partial charge in [0.25, 0.3) is 5.91 Å². The van der Waals surface area contributed by atoms with Crippen LogP contribution in [0.15, 0.2) is 29.6 Å². The fraction of sp³-hybridized carbons (Fsp3) is 0.286. The lowest BCUT2D eigenvalue weighted by Crippen LogP contribution is -2.28. The first-order valence-corrected chi connectivity index (χ1v) is 7.51. The zero-order valence-electron chi connectivity index (χ0n) is 12.3. The van der Waals surface area contributed by atoms with Crippen LogP contribution < -0.4 is 15.8 Å². The predicted octanol–water partition coefficient (Wildman–Crippen LogP) is 2.85. The highest BCUT2D eigenvalue weighted by Gasteiger charge is 2.33. The second-order valence-electron chi connectivity index (χ2n) is 4.43. The van der Waals surface area contributed by atoms with Gasteiger partial charge in [0.05, 0.1) is 12.1 Å². The number of benzene rings is 1. The van der Waals surface area contributed by atoms with E-state index >= 15 is 0 Å². The zero-order valence-corrected chi connectivity index (χ0v) is 13.9. The molecule has 0 fully saturated rings. The van der Waals surface area contributed by atoms with Gasteiger partial charge in [-0.3, -0.25) is 4.79 Å². The molecule has 0 aliphatic rings. The molecule has 24 heavy (non-hydrogen) atoms. The summed E-state index contributed by atoms with van der Waals surface area (Å²) in [7, 11) is 0. The lowest BCUT2D eigenvalue weighted by atomic mass is 10.2. The van der Waals surface area contributed by atoms with Gasteiger partial charge in [-0.15, -0.1) is 23.7 Å². The van der Waals surface area contributed by atoms with Gasteiger partial charge in [-0.25, -0.2) is 4.98 Å². The van der Waals surface area contributed by atoms with Gasteiger partial charge in [0.15, 0.2) is 0 Å². The van der Waals surface area contributed by atoms with E-state index < -0.39 is 17.6 Å². The third-order valence-electron chi connectivity index (χ3n) is 2.80. The lowest BCUT2D eigenvalue weighted by molar-refractivity contribution is -0.138. The molecule has 132 valence electrons. The number of amides is 1. The van der Waals surface area contributed by atoms with E-state index in [1.165, 1.54) is 29.5 Å². The van der Waals surface area contributed by atoms with Crippen molar-refractivity contribution in [2.75, 3.05) is 13.2 Å². The number of para-hydroxylation sites is 1. The van der Waals surface area contributed by atoms with Crippen molar-refractivity contribution < 1.29 is 22.7 Å². The van der Waals surface area contributed by atoms with Crippen molar-refractivity contribution in [3.8, 4) is 5.75 Å². The minimum atomic E-state index is -4.49. The standard InChI is InChI=1S/C14H14F3N3O2S.ClH/c15-14(16,17)9-3-1-2-4-11(9)22-6-5-19-13(21)10-8-23-12(7-18)20-10;/h1-4,8H,5-7,18H2,(H,19,21);1H. The molecule has 0 radical (unpaired) electrons. The van der Waals surface area contributed by atoms with Gasteiger partial charge in [-0.2, -0.15) is 13.2 Å². The Balaban J connectivity index is 0.00000288. The van der Waals surface area contributed by atoms with E-state index in [0.29, 0.717) is 5.01 Å². The van der Waals surface area contributed by atoms with Gasteiger partial charge >= 0.3 is 6.18 Å². The van der Waals surface area contributed by atoms with Crippen LogP contribution in [0.3, 0.4) is 0 Å². The van der Waals surface area contributed by atoms with Gasteiger partial charge < -0.3 is 15.8 Å². The summed E-state index contributed by atoms with van der Waals surface area (Å²) in [6.07, 6.45) is -4.49. The maximum Gasteiger partial charge on any atom is 0.419 e. The number of alkyl halides is 3. The highest BCUT2D eigenvalue weighted by molar-refractivity contribution is 7.09. The number of nitrogens with one attached hydrogen (secondary N) is 1. The van der Waals surface area contributed by atoms with Crippen LogP contribution in [0.4, 0.5) is 13.2 Å². The summed E-state index contributed by atoms with van der Waals surface area (Å²) in [6, 6.07) is 4.91. The molecule has 5 nitrogen and oxygen atoms in total. The first-order chi connectivity index (χ1) is 10.9. The van der Waals surface area contributed by atoms with Crippen LogP contribution in [-0.2, 0) is 12.7 Å². The van der Waals surface area contributed by atoms with E-state index in [9.17, 15) is 18.0 Å². The molecule has 10 heteroatoms. The molecule has 1 amide bonds. The molecule has 0 unspecified atom stereocenters. The van der Waals surface area contributed by atoms with Crippen molar-refractivity contribution >= 4 is 29.7 Å². The normalized spacial score (nSPS) is 10.8. The maximum atomic E-state index is 12.8. The Morgan fingerprint density at radius 3 is 2.67 bits per heavy atom. The van der Waals surface area contributed by atoms with E-state index in [2.05, 4.69) is 10.3 Å². The fourth-order valence-electron chi connectivity index (χ4n) is 1.75. The van der Waals surface area contributed by atoms with Gasteiger partial charge in [0.2, 0.25) is 0 Å². The number of thiazole rings is 1. The molecule has 0 spiro atoms. The third kappa shape index (κ3) is 5.36. The Hall–Kier alpha value is -1.84. The van der Waals surface area contributed by atoms with Crippen LogP contribution in [0.2, 0.25) is 0 Å². The SMILES string of the molecule is Cl.NCc1nc(C(=O)NCCOc2ccccc2C(F)(F)F)cs1. The average Bonchev–Trinajstić information content (AvgIpc) is 3.00. The number of rotatable bonds is 6. The molecule has 1 aromatic heterocycles. The first kappa shape index (κ1) is 20.2. The summed E-state index contributed by atoms with van der Waals surface area (Å²) in [5.41, 5.74) is 4.78. The van der Waals surface area contributed by atoms with Crippen LogP contribution in [0.5, 0.6) is 5.75 Å². The number of aromatic nitrogens is 1. The minimum absolute atomic E-state index is 0. The number of carbonyl (C=O) groups is 1. The van der Waals surface area contributed by atoms with Crippen LogP contribution >= 0.6 is 23.7 Å². The summed E-state index contributed by atoms with van der Waals surface area (Å²) in [5.74, 6) is -0.693. The highest BCUT2D eigenvalue weighted by atomic mass is 35.5. The van der Waals surface area contributed by atoms with Crippen molar-refractivity contribution in [2.24, 2.45) is 5.73 Å². The largest absolute Gasteiger partial charge is 0.491 e. The van der Waals surface area contributed by atoms with Crippen molar-refractivity contribution in [3.05, 3.63) is 45.9 Å². The Morgan fingerprint density at radius 2 is 2.04 bits per heavy atom. The Morgan fingerprint density at radius 1 is 1.33 bits per heavy atom. The number of ether oxygens (including phenoxy) is 1. The second-order valence-corrected chi connectivity index (χ2v) is 5.37. The molecule has 0 atom stereocenters. The number of hydrogen-bond donors (Lipinski definition) is 2. The molecular formula is C14H15ClF3N3O2S. The predicted molar refractivity (Wildman–Crippen MR) is 86.5 cm³/mol. The van der Waals surface area contributed by atoms with Crippen LogP contribution in [0.1, 0.15) is 21.1 Å². The van der Waals surface area contributed by atoms with Crippen LogP contribution in [0, 0.1) is 0 Å². The van der Waals surface area contributed by atoms with Crippen molar-refractivity contribution in [1.29, 1.82) is 0 Å². The molecular weight excluding hydrogens is 367 g/mol. The molecule has 0 saturated carbocycles. The number of nitrogens with zero attached hydrogens (tertiary/aromatic N) is 1. The molecule has 0 aliphatic carbocycles. The summed E-state index contributed by atoms with van der Waals surface area (Å²) >= 11 is 1.27. The molecule has 1 aromatic carbocycles. The molecule has 0 aliphatic heterocycles. The van der Waals surface area contributed by atoms with E-state index in [1.807, 2.05) is 0 Å². The monoisotopic (exact) mass is 381 g/mol. The van der Waals surface area contributed by atoms with E-state index in [4.69, 9.17) is 10.5 Å². The molecule has 0 bridgehead atoms. The maximum absolute atomic E-state index is 12.8. The number of hydrogen-bond acceptors (Lipinski definition) is 5. The first-order valence-electron chi connectivity index (χ1n) is 6.63. The Labute approximate surface area is 146 Å². The zero-order chi connectivity index (χ0) is 16.9. The highest BCUT2D eigenvalue weighted by Crippen LogP contribution is 2.35. The van der Waals surface area contributed by atoms with Gasteiger partial charge in [0, 0.05) is 11.9 Å². The fourth-order valence-corrected chi connectivity index (χ4v) is 2.41. The van der Waals surface area contributed by atoms with Gasteiger partial charge in [0.1, 0.15) is 23.1 Å². The second kappa shape index (κ2) is 8.86. The Bertz CT molecular complexity index is 679. The summed E-state index contributed by atoms with van der Waals surface area (Å²) in [5, 5.41) is 4.72. The summed E-state index contributed by atoms with van der Waals surface area (Å²) in [6.45, 7) is 0.211. The number of carbonyl (C=O) groups excluding carboxylic acids is 1. The average molecular weight is 382 g/mol. The van der Waals surface area contributed by atoms with Gasteiger partial charge in [-0.1, -0.05) is 12.1 Å². The van der Waals surface area contributed by atoms with E-state index in [-0.39, 0.29) is 43.5 Å². The summed E-state index contributed by atoms with van der Waals surface area (Å²) in [4.78, 5) is 15.8. The van der Waals surface area contributed by atoms with Crippen molar-refractivity contribution in [2.45, 2.75) is 12.7 Å². The van der Waals surface area contributed by atoms with E-state index in [1.54, 1.807) is 5.38 Å². The quantitative estimate of drug-likeness (QED) is 0.754. The van der Waals surface area contributed by atoms with Crippen LogP contribution in [0.25, 0.3) is 0 Å². The number of halogens is 4. The minimum Gasteiger partial charge on any atom is -0.491 e. The topological polar surface area (TPSA) is 77.2 Å².